The Bertz CT molecular complexity index is 1020. The Morgan fingerprint density at radius 1 is 1.05 bits per heavy atom. The third-order valence-electron chi connectivity index (χ3n) is 10.0. The molecule has 9 atom stereocenters. The number of piperazine rings is 1. The average molecular weight is 616 g/mol. The van der Waals surface area contributed by atoms with Crippen molar-refractivity contribution in [2.75, 3.05) is 46.4 Å². The number of nitrogens with zero attached hydrogens (tertiary/aromatic N) is 3. The summed E-state index contributed by atoms with van der Waals surface area (Å²) in [4.78, 5) is 31.0. The van der Waals surface area contributed by atoms with Crippen LogP contribution in [0.25, 0.3) is 0 Å². The molecule has 3 rings (SSSR count). The second-order valence-corrected chi connectivity index (χ2v) is 14.0. The predicted octanol–water partition coefficient (Wildman–Crippen LogP) is 4.34. The number of rotatable bonds is 5. The molecule has 9 nitrogen and oxygen atoms in total. The minimum atomic E-state index is -0.865. The molecule has 1 aliphatic carbocycles. The van der Waals surface area contributed by atoms with Gasteiger partial charge in [0.25, 0.3) is 0 Å². The van der Waals surface area contributed by atoms with E-state index in [0.717, 1.165) is 58.3 Å². The molecule has 0 aromatic carbocycles. The summed E-state index contributed by atoms with van der Waals surface area (Å²) in [6.45, 7) is 13.3. The zero-order valence-corrected chi connectivity index (χ0v) is 27.7. The van der Waals surface area contributed by atoms with Crippen molar-refractivity contribution >= 4 is 11.9 Å². The van der Waals surface area contributed by atoms with Crippen molar-refractivity contribution in [3.05, 3.63) is 23.8 Å². The van der Waals surface area contributed by atoms with Crippen LogP contribution in [0.15, 0.2) is 23.8 Å². The van der Waals surface area contributed by atoms with E-state index >= 15 is 0 Å². The van der Waals surface area contributed by atoms with E-state index in [9.17, 15) is 25.1 Å². The summed E-state index contributed by atoms with van der Waals surface area (Å²) < 4.78 is 11.8. The molecular weight excluding hydrogens is 558 g/mol. The van der Waals surface area contributed by atoms with E-state index in [0.29, 0.717) is 43.4 Å². The Labute approximate surface area is 265 Å². The number of aliphatic hydroxyl groups is 2. The van der Waals surface area contributed by atoms with E-state index in [1.165, 1.54) is 0 Å². The highest BCUT2D eigenvalue weighted by Crippen LogP contribution is 2.38. The molecule has 0 spiro atoms. The number of hydrogen-bond donors (Lipinski definition) is 2. The lowest BCUT2D eigenvalue weighted by atomic mass is 9.82. The molecule has 248 valence electrons. The molecule has 1 saturated heterocycles. The van der Waals surface area contributed by atoms with Crippen LogP contribution in [0.2, 0.25) is 0 Å². The van der Waals surface area contributed by atoms with Crippen LogP contribution in [-0.4, -0.2) is 96.6 Å². The van der Waals surface area contributed by atoms with Gasteiger partial charge in [0.15, 0.2) is 0 Å². The van der Waals surface area contributed by atoms with Crippen LogP contribution < -0.4 is 0 Å². The summed E-state index contributed by atoms with van der Waals surface area (Å²) in [7, 11) is 2.11. The van der Waals surface area contributed by atoms with Gasteiger partial charge in [-0.1, -0.05) is 46.3 Å². The van der Waals surface area contributed by atoms with Crippen LogP contribution in [-0.2, 0) is 19.1 Å². The minimum Gasteiger partial charge on any atom is -0.464 e. The highest BCUT2D eigenvalue weighted by molar-refractivity contribution is 5.74. The standard InChI is InChI=1S/C35H57N3O6/c1-24-19-25(2)21-27(4)34(41)28(23-36)9-6-7-12-32(44-33(40)22-31(39)26(3)20-24)29-10-8-11-30(29)35(42)43-18-17-38-15-13-37(5)14-16-38/h6-7,9,24-27,29-32,34,39,41H,8,10-22H2,1-5H3/b7-6+,28-9-/t24-,25+,26-,27-,29+,30+,31-,32-,34+/m0/s1. The van der Waals surface area contributed by atoms with Gasteiger partial charge in [0.05, 0.1) is 36.2 Å². The Hall–Kier alpha value is -2.25. The maximum absolute atomic E-state index is 13.2. The van der Waals surface area contributed by atoms with Crippen LogP contribution in [0.5, 0.6) is 0 Å². The maximum Gasteiger partial charge on any atom is 0.309 e. The number of carbonyl (C=O) groups is 2. The lowest BCUT2D eigenvalue weighted by Gasteiger charge is -2.32. The Morgan fingerprint density at radius 3 is 2.41 bits per heavy atom. The monoisotopic (exact) mass is 615 g/mol. The van der Waals surface area contributed by atoms with Crippen LogP contribution >= 0.6 is 0 Å². The highest BCUT2D eigenvalue weighted by Gasteiger charge is 2.40. The topological polar surface area (TPSA) is 123 Å². The van der Waals surface area contributed by atoms with Gasteiger partial charge in [-0.3, -0.25) is 14.5 Å². The number of likely N-dealkylation sites (N-methyl/N-ethyl adjacent to an activating group) is 1. The third-order valence-corrected chi connectivity index (χ3v) is 10.0. The molecule has 2 heterocycles. The number of nitriles is 1. The van der Waals surface area contributed by atoms with Crippen molar-refractivity contribution in [3.63, 3.8) is 0 Å². The van der Waals surface area contributed by atoms with Gasteiger partial charge < -0.3 is 24.6 Å². The molecule has 3 aliphatic rings. The van der Waals surface area contributed by atoms with E-state index in [2.05, 4.69) is 36.8 Å². The number of esters is 2. The molecule has 2 aliphatic heterocycles. The Balaban J connectivity index is 1.73. The summed E-state index contributed by atoms with van der Waals surface area (Å²) in [6.07, 6.45) is 8.03. The predicted molar refractivity (Wildman–Crippen MR) is 170 cm³/mol. The summed E-state index contributed by atoms with van der Waals surface area (Å²) in [5.74, 6) is -0.717. The SMILES string of the molecule is C[C@@H]1C[C@H](C)C[C@H](C)[C@@H](O)CC(=O)O[C@H]([C@@H]2CCC[C@H]2C(=O)OCCN2CCN(C)CC2)C/C=C/C=C(/C#N)[C@H](O)[C@@H](C)C1. The molecule has 9 heteroatoms. The normalized spacial score (nSPS) is 37.9. The molecular formula is C35H57N3O6. The van der Waals surface area contributed by atoms with Crippen LogP contribution in [0.1, 0.15) is 79.1 Å². The second-order valence-electron chi connectivity index (χ2n) is 14.0. The lowest BCUT2D eigenvalue weighted by molar-refractivity contribution is -0.161. The van der Waals surface area contributed by atoms with Crippen molar-refractivity contribution in [1.29, 1.82) is 5.26 Å². The van der Waals surface area contributed by atoms with Crippen LogP contribution in [0.3, 0.4) is 0 Å². The lowest BCUT2D eigenvalue weighted by Crippen LogP contribution is -2.45. The van der Waals surface area contributed by atoms with E-state index in [4.69, 9.17) is 9.47 Å². The quantitative estimate of drug-likeness (QED) is 0.435. The highest BCUT2D eigenvalue weighted by atomic mass is 16.5. The van der Waals surface area contributed by atoms with Crippen LogP contribution in [0, 0.1) is 46.8 Å². The summed E-state index contributed by atoms with van der Waals surface area (Å²) in [5.41, 5.74) is 0.308. The number of hydrogen-bond acceptors (Lipinski definition) is 9. The summed E-state index contributed by atoms with van der Waals surface area (Å²) >= 11 is 0. The number of carbonyl (C=O) groups excluding carboxylic acids is 2. The van der Waals surface area contributed by atoms with E-state index in [1.54, 1.807) is 12.2 Å². The van der Waals surface area contributed by atoms with Crippen molar-refractivity contribution in [1.82, 2.24) is 9.80 Å². The maximum atomic E-state index is 13.2. The van der Waals surface area contributed by atoms with Gasteiger partial charge in [0, 0.05) is 45.1 Å². The molecule has 2 fully saturated rings. The van der Waals surface area contributed by atoms with Gasteiger partial charge in [0.2, 0.25) is 0 Å². The minimum absolute atomic E-state index is 0.0754. The first-order valence-corrected chi connectivity index (χ1v) is 16.9. The zero-order chi connectivity index (χ0) is 32.2. The van der Waals surface area contributed by atoms with Crippen molar-refractivity contribution in [2.24, 2.45) is 35.5 Å². The van der Waals surface area contributed by atoms with Gasteiger partial charge in [0.1, 0.15) is 12.7 Å². The van der Waals surface area contributed by atoms with Gasteiger partial charge in [-0.05, 0) is 68.9 Å². The zero-order valence-electron chi connectivity index (χ0n) is 27.7. The number of aliphatic hydroxyl groups excluding tert-OH is 2. The molecule has 1 saturated carbocycles. The van der Waals surface area contributed by atoms with E-state index < -0.39 is 24.3 Å². The molecule has 0 aromatic rings. The van der Waals surface area contributed by atoms with Crippen molar-refractivity contribution in [3.8, 4) is 6.07 Å². The summed E-state index contributed by atoms with van der Waals surface area (Å²) in [6, 6.07) is 2.16. The first kappa shape index (κ1) is 36.2. The van der Waals surface area contributed by atoms with Gasteiger partial charge in [-0.15, -0.1) is 0 Å². The van der Waals surface area contributed by atoms with Crippen molar-refractivity contribution < 1.29 is 29.3 Å². The van der Waals surface area contributed by atoms with E-state index in [1.807, 2.05) is 19.9 Å². The fourth-order valence-corrected chi connectivity index (χ4v) is 7.41. The largest absolute Gasteiger partial charge is 0.464 e. The Morgan fingerprint density at radius 2 is 1.73 bits per heavy atom. The fraction of sp³-hybridized carbons (Fsp3) is 0.800. The smallest absolute Gasteiger partial charge is 0.309 e. The van der Waals surface area contributed by atoms with E-state index in [-0.39, 0.29) is 36.1 Å². The second kappa shape index (κ2) is 18.0. The average Bonchev–Trinajstić information content (AvgIpc) is 3.46. The van der Waals surface area contributed by atoms with Gasteiger partial charge in [-0.2, -0.15) is 5.26 Å². The number of cyclic esters (lactones) is 1. The molecule has 2 N–H and O–H groups in total. The third kappa shape index (κ3) is 11.3. The molecule has 0 unspecified atom stereocenters. The molecule has 0 aromatic heterocycles. The first-order chi connectivity index (χ1) is 21.0. The molecule has 0 radical (unpaired) electrons. The molecule has 0 amide bonds. The van der Waals surface area contributed by atoms with Crippen LogP contribution in [0.4, 0.5) is 0 Å². The summed E-state index contributed by atoms with van der Waals surface area (Å²) in [5, 5.41) is 31.6. The number of ether oxygens (including phenoxy) is 2. The molecule has 0 bridgehead atoms. The van der Waals surface area contributed by atoms with Gasteiger partial charge in [-0.25, -0.2) is 0 Å². The number of allylic oxidation sites excluding steroid dienone is 2. The first-order valence-electron chi connectivity index (χ1n) is 16.9. The van der Waals surface area contributed by atoms with Crippen molar-refractivity contribution in [2.45, 2.75) is 97.4 Å². The fourth-order valence-electron chi connectivity index (χ4n) is 7.41. The molecule has 44 heavy (non-hydrogen) atoms. The Kier molecular flexibility index (Phi) is 14.8. The van der Waals surface area contributed by atoms with Gasteiger partial charge >= 0.3 is 11.9 Å².